The van der Waals surface area contributed by atoms with Crippen molar-refractivity contribution in [3.05, 3.63) is 35.1 Å². The quantitative estimate of drug-likeness (QED) is 0.278. The SMILES string of the molecule is CC1=C(C(=O)O)N2C(=O)[C@@H](NC(=O)C(N)C3=CCC=CC3)[C@H]2SC1.[H-].[K+]. The largest absolute Gasteiger partial charge is 1.00 e. The molecular formula is C16H20KN3O4S. The third-order valence-corrected chi connectivity index (χ3v) is 5.80. The Bertz CT molecular complexity index is 710. The zero-order valence-corrected chi connectivity index (χ0v) is 18.1. The average Bonchev–Trinajstić information content (AvgIpc) is 2.59. The number of carboxylic acid groups (broad SMARTS) is 1. The maximum absolute atomic E-state index is 12.3. The number of fused-ring (bicyclic) bond motifs is 1. The van der Waals surface area contributed by atoms with Gasteiger partial charge in [-0.25, -0.2) is 4.79 Å². The number of carbonyl (C=O) groups is 3. The van der Waals surface area contributed by atoms with Crippen LogP contribution in [0.15, 0.2) is 35.1 Å². The van der Waals surface area contributed by atoms with Gasteiger partial charge >= 0.3 is 57.4 Å². The van der Waals surface area contributed by atoms with Gasteiger partial charge in [-0.3, -0.25) is 14.5 Å². The van der Waals surface area contributed by atoms with E-state index in [9.17, 15) is 19.5 Å². The fourth-order valence-corrected chi connectivity index (χ4v) is 4.35. The van der Waals surface area contributed by atoms with Gasteiger partial charge in [-0.2, -0.15) is 0 Å². The number of nitrogens with zero attached hydrogens (tertiary/aromatic N) is 1. The van der Waals surface area contributed by atoms with Crippen LogP contribution >= 0.6 is 11.8 Å². The second kappa shape index (κ2) is 8.51. The molecular weight excluding hydrogens is 369 g/mol. The number of aliphatic carboxylic acids is 1. The fourth-order valence-electron chi connectivity index (χ4n) is 3.06. The number of nitrogens with one attached hydrogen (secondary N) is 1. The first-order valence-electron chi connectivity index (χ1n) is 7.69. The van der Waals surface area contributed by atoms with Crippen molar-refractivity contribution in [2.24, 2.45) is 5.73 Å². The van der Waals surface area contributed by atoms with Crippen LogP contribution in [-0.4, -0.2) is 51.0 Å². The summed E-state index contributed by atoms with van der Waals surface area (Å²) in [7, 11) is 0. The molecule has 2 amide bonds. The van der Waals surface area contributed by atoms with Crippen molar-refractivity contribution in [3.63, 3.8) is 0 Å². The zero-order chi connectivity index (χ0) is 17.4. The summed E-state index contributed by atoms with van der Waals surface area (Å²) in [6.45, 7) is 1.70. The van der Waals surface area contributed by atoms with Crippen molar-refractivity contribution in [2.45, 2.75) is 37.2 Å². The molecule has 0 aromatic heterocycles. The van der Waals surface area contributed by atoms with Crippen molar-refractivity contribution in [1.82, 2.24) is 10.2 Å². The molecule has 0 bridgehead atoms. The van der Waals surface area contributed by atoms with Crippen LogP contribution < -0.4 is 62.4 Å². The summed E-state index contributed by atoms with van der Waals surface area (Å²) in [5.41, 5.74) is 7.49. The van der Waals surface area contributed by atoms with E-state index in [-0.39, 0.29) is 63.9 Å². The molecule has 130 valence electrons. The number of β-lactam (4-membered cyclic amide) rings is 1. The molecule has 2 heterocycles. The molecule has 0 aromatic rings. The van der Waals surface area contributed by atoms with Crippen molar-refractivity contribution < 1.29 is 72.3 Å². The Morgan fingerprint density at radius 1 is 1.48 bits per heavy atom. The Balaban J connectivity index is 0.00000169. The van der Waals surface area contributed by atoms with Gasteiger partial charge < -0.3 is 17.6 Å². The van der Waals surface area contributed by atoms with Gasteiger partial charge in [0.15, 0.2) is 0 Å². The minimum absolute atomic E-state index is 0. The average molecular weight is 390 g/mol. The van der Waals surface area contributed by atoms with E-state index in [2.05, 4.69) is 5.32 Å². The molecule has 0 saturated carbocycles. The van der Waals surface area contributed by atoms with Gasteiger partial charge in [0.2, 0.25) is 5.91 Å². The van der Waals surface area contributed by atoms with Crippen LogP contribution in [0.25, 0.3) is 0 Å². The number of hydrogen-bond acceptors (Lipinski definition) is 5. The standard InChI is InChI=1S/C16H19N3O4S.K.H/c1-8-7-24-15-11(14(21)19(15)12(8)16(22)23)18-13(20)10(17)9-5-3-2-4-6-9;;/h2-3,6,10-11,15H,4-5,7,17H2,1H3,(H,18,20)(H,22,23);;/q;+1;-1/t10?,11-,15-;;/m1../s1. The van der Waals surface area contributed by atoms with Crippen LogP contribution in [-0.2, 0) is 14.4 Å². The monoisotopic (exact) mass is 389 g/mol. The van der Waals surface area contributed by atoms with Gasteiger partial charge in [-0.1, -0.05) is 18.2 Å². The predicted molar refractivity (Wildman–Crippen MR) is 90.9 cm³/mol. The minimum Gasteiger partial charge on any atom is -1.00 e. The Morgan fingerprint density at radius 3 is 2.80 bits per heavy atom. The topological polar surface area (TPSA) is 113 Å². The third kappa shape index (κ3) is 3.97. The molecule has 1 fully saturated rings. The molecule has 7 nitrogen and oxygen atoms in total. The maximum atomic E-state index is 12.3. The first-order chi connectivity index (χ1) is 11.4. The molecule has 3 atom stereocenters. The summed E-state index contributed by atoms with van der Waals surface area (Å²) >= 11 is 1.45. The molecule has 3 rings (SSSR count). The van der Waals surface area contributed by atoms with Crippen LogP contribution in [0.2, 0.25) is 0 Å². The van der Waals surface area contributed by atoms with Gasteiger partial charge in [-0.05, 0) is 30.9 Å². The van der Waals surface area contributed by atoms with Crippen molar-refractivity contribution in [1.29, 1.82) is 0 Å². The van der Waals surface area contributed by atoms with Gasteiger partial charge in [0.1, 0.15) is 23.2 Å². The number of carbonyl (C=O) groups excluding carboxylic acids is 2. The van der Waals surface area contributed by atoms with Crippen LogP contribution in [0.5, 0.6) is 0 Å². The molecule has 1 aliphatic carbocycles. The summed E-state index contributed by atoms with van der Waals surface area (Å²) < 4.78 is 0. The first kappa shape index (κ1) is 20.9. The molecule has 0 spiro atoms. The van der Waals surface area contributed by atoms with E-state index < -0.39 is 29.9 Å². The summed E-state index contributed by atoms with van der Waals surface area (Å²) in [5, 5.41) is 11.6. The third-order valence-electron chi connectivity index (χ3n) is 4.38. The fraction of sp³-hybridized carbons (Fsp3) is 0.438. The molecule has 2 aliphatic heterocycles. The molecule has 9 heteroatoms. The number of carboxylic acids is 1. The molecule has 0 radical (unpaired) electrons. The van der Waals surface area contributed by atoms with E-state index in [4.69, 9.17) is 5.73 Å². The van der Waals surface area contributed by atoms with E-state index in [1.165, 1.54) is 16.7 Å². The Morgan fingerprint density at radius 2 is 2.20 bits per heavy atom. The van der Waals surface area contributed by atoms with E-state index in [1.54, 1.807) is 6.92 Å². The number of thioether (sulfide) groups is 1. The van der Waals surface area contributed by atoms with E-state index in [0.29, 0.717) is 17.7 Å². The normalized spacial score (nSPS) is 26.1. The Labute approximate surface area is 194 Å². The number of amides is 2. The van der Waals surface area contributed by atoms with E-state index in [1.807, 2.05) is 18.2 Å². The second-order valence-corrected chi connectivity index (χ2v) is 7.10. The van der Waals surface area contributed by atoms with Crippen molar-refractivity contribution in [2.75, 3.05) is 5.75 Å². The number of rotatable bonds is 4. The summed E-state index contributed by atoms with van der Waals surface area (Å²) in [6, 6.07) is -1.52. The van der Waals surface area contributed by atoms with Crippen molar-refractivity contribution in [3.8, 4) is 0 Å². The van der Waals surface area contributed by atoms with E-state index >= 15 is 0 Å². The second-order valence-electron chi connectivity index (χ2n) is 6.00. The smallest absolute Gasteiger partial charge is 1.00 e. The summed E-state index contributed by atoms with van der Waals surface area (Å²) in [4.78, 5) is 37.3. The maximum Gasteiger partial charge on any atom is 1.00 e. The molecule has 1 saturated heterocycles. The first-order valence-corrected chi connectivity index (χ1v) is 8.74. The molecule has 3 aliphatic rings. The summed E-state index contributed by atoms with van der Waals surface area (Å²) in [5.74, 6) is -1.41. The molecule has 1 unspecified atom stereocenters. The predicted octanol–water partition coefficient (Wildman–Crippen LogP) is -2.53. The summed E-state index contributed by atoms with van der Waals surface area (Å²) in [6.07, 6.45) is 7.26. The molecule has 25 heavy (non-hydrogen) atoms. The Kier molecular flexibility index (Phi) is 7.11. The molecule has 0 aromatic carbocycles. The Hall–Kier alpha value is -0.424. The van der Waals surface area contributed by atoms with Gasteiger partial charge in [0, 0.05) is 5.75 Å². The van der Waals surface area contributed by atoms with Gasteiger partial charge in [0.25, 0.3) is 5.91 Å². The number of nitrogens with two attached hydrogens (primary N) is 1. The van der Waals surface area contributed by atoms with Crippen LogP contribution in [0, 0.1) is 0 Å². The van der Waals surface area contributed by atoms with E-state index in [0.717, 1.165) is 12.0 Å². The van der Waals surface area contributed by atoms with Gasteiger partial charge in [0.05, 0.1) is 0 Å². The van der Waals surface area contributed by atoms with Crippen LogP contribution in [0.3, 0.4) is 0 Å². The van der Waals surface area contributed by atoms with Crippen molar-refractivity contribution >= 4 is 29.5 Å². The zero-order valence-electron chi connectivity index (χ0n) is 15.2. The molecule has 4 N–H and O–H groups in total. The van der Waals surface area contributed by atoms with Gasteiger partial charge in [-0.15, -0.1) is 11.8 Å². The number of allylic oxidation sites excluding steroid dienone is 3. The van der Waals surface area contributed by atoms with Crippen LogP contribution in [0.4, 0.5) is 0 Å². The number of hydrogen-bond donors (Lipinski definition) is 3. The minimum atomic E-state index is -1.12. The van der Waals surface area contributed by atoms with Crippen LogP contribution in [0.1, 0.15) is 21.2 Å².